The van der Waals surface area contributed by atoms with Crippen LogP contribution in [0.3, 0.4) is 0 Å². The second-order valence-corrected chi connectivity index (χ2v) is 14.5. The molecular formula is C50H32N2O. The average Bonchev–Trinajstić information content (AvgIpc) is 3.94. The van der Waals surface area contributed by atoms with Gasteiger partial charge in [-0.05, 0) is 101 Å². The van der Waals surface area contributed by atoms with E-state index in [9.17, 15) is 0 Å². The van der Waals surface area contributed by atoms with Crippen molar-refractivity contribution in [1.29, 1.82) is 0 Å². The summed E-state index contributed by atoms with van der Waals surface area (Å²) in [4.78, 5) is 0. The molecule has 1 aliphatic carbocycles. The number of benzene rings is 8. The Hall–Kier alpha value is -6.84. The third-order valence-corrected chi connectivity index (χ3v) is 11.7. The zero-order valence-corrected chi connectivity index (χ0v) is 28.8. The number of fused-ring (bicyclic) bond motifs is 12. The molecule has 1 unspecified atom stereocenters. The number of para-hydroxylation sites is 4. The van der Waals surface area contributed by atoms with Gasteiger partial charge in [-0.25, -0.2) is 0 Å². The molecule has 0 fully saturated rings. The predicted octanol–water partition coefficient (Wildman–Crippen LogP) is 13.1. The first kappa shape index (κ1) is 28.8. The highest BCUT2D eigenvalue weighted by atomic mass is 16.3. The van der Waals surface area contributed by atoms with Crippen molar-refractivity contribution in [2.75, 3.05) is 0 Å². The number of hydrogen-bond acceptors (Lipinski definition) is 1. The van der Waals surface area contributed by atoms with Gasteiger partial charge >= 0.3 is 0 Å². The number of aromatic nitrogens is 2. The number of nitrogens with zero attached hydrogens (tertiary/aromatic N) is 2. The molecule has 0 radical (unpaired) electrons. The van der Waals surface area contributed by atoms with Crippen molar-refractivity contribution in [3.05, 3.63) is 193 Å². The standard InChI is InChI=1S/C50H32N2O/c1-2-15-35-34(14-1)40(27-31-12-11-13-32(26-31)51-45-20-7-3-16-36(45)37-17-4-8-21-46(37)51)41-29-43-38-18-5-9-22-47(38)52(48(43)30-42(35)41)33-24-25-50-44(28-33)39-19-6-10-23-49(39)53-50/h1-26,28-30,40H,27H2. The normalized spacial score (nSPS) is 13.9. The molecule has 8 aromatic carbocycles. The highest BCUT2D eigenvalue weighted by molar-refractivity contribution is 6.12. The highest BCUT2D eigenvalue weighted by Crippen LogP contribution is 2.49. The molecule has 3 aromatic heterocycles. The fourth-order valence-electron chi connectivity index (χ4n) is 9.38. The van der Waals surface area contributed by atoms with Crippen LogP contribution in [0.25, 0.3) is 88.1 Å². The molecule has 53 heavy (non-hydrogen) atoms. The largest absolute Gasteiger partial charge is 0.456 e. The maximum atomic E-state index is 6.22. The summed E-state index contributed by atoms with van der Waals surface area (Å²) in [6.07, 6.45) is 0.920. The van der Waals surface area contributed by atoms with Crippen LogP contribution in [-0.2, 0) is 6.42 Å². The molecule has 0 aliphatic heterocycles. The molecule has 0 amide bonds. The Kier molecular flexibility index (Phi) is 5.89. The van der Waals surface area contributed by atoms with Crippen LogP contribution in [0.2, 0.25) is 0 Å². The van der Waals surface area contributed by atoms with E-state index in [0.717, 1.165) is 34.0 Å². The first-order valence-electron chi connectivity index (χ1n) is 18.4. The quantitative estimate of drug-likeness (QED) is 0.182. The van der Waals surface area contributed by atoms with Gasteiger partial charge in [0.05, 0.1) is 22.1 Å². The van der Waals surface area contributed by atoms with Crippen LogP contribution in [0.1, 0.15) is 22.6 Å². The first-order chi connectivity index (χ1) is 26.3. The molecule has 3 heterocycles. The molecular weight excluding hydrogens is 645 g/mol. The summed E-state index contributed by atoms with van der Waals surface area (Å²) in [5, 5.41) is 7.41. The van der Waals surface area contributed by atoms with Crippen molar-refractivity contribution in [2.24, 2.45) is 0 Å². The van der Waals surface area contributed by atoms with Crippen LogP contribution in [0.5, 0.6) is 0 Å². The van der Waals surface area contributed by atoms with Crippen LogP contribution in [0.15, 0.2) is 180 Å². The van der Waals surface area contributed by atoms with Gasteiger partial charge in [0.2, 0.25) is 0 Å². The fourth-order valence-corrected chi connectivity index (χ4v) is 9.38. The smallest absolute Gasteiger partial charge is 0.135 e. The van der Waals surface area contributed by atoms with Crippen molar-refractivity contribution in [1.82, 2.24) is 9.13 Å². The molecule has 248 valence electrons. The molecule has 3 nitrogen and oxygen atoms in total. The highest BCUT2D eigenvalue weighted by Gasteiger charge is 2.30. The minimum Gasteiger partial charge on any atom is -0.456 e. The Morgan fingerprint density at radius 2 is 0.981 bits per heavy atom. The monoisotopic (exact) mass is 676 g/mol. The van der Waals surface area contributed by atoms with Crippen molar-refractivity contribution < 1.29 is 4.42 Å². The minimum absolute atomic E-state index is 0.245. The Balaban J connectivity index is 1.03. The van der Waals surface area contributed by atoms with Crippen molar-refractivity contribution >= 4 is 65.6 Å². The van der Waals surface area contributed by atoms with Gasteiger partial charge in [-0.2, -0.15) is 0 Å². The molecule has 3 heteroatoms. The van der Waals surface area contributed by atoms with Crippen LogP contribution in [0.4, 0.5) is 0 Å². The average molecular weight is 677 g/mol. The fraction of sp³-hybridized carbons (Fsp3) is 0.0400. The molecule has 0 bridgehead atoms. The molecule has 0 N–H and O–H groups in total. The Morgan fingerprint density at radius 1 is 0.377 bits per heavy atom. The van der Waals surface area contributed by atoms with E-state index in [0.29, 0.717) is 0 Å². The van der Waals surface area contributed by atoms with E-state index in [1.54, 1.807) is 0 Å². The van der Waals surface area contributed by atoms with Gasteiger partial charge < -0.3 is 13.6 Å². The summed E-state index contributed by atoms with van der Waals surface area (Å²) in [7, 11) is 0. The maximum Gasteiger partial charge on any atom is 0.135 e. The first-order valence-corrected chi connectivity index (χ1v) is 18.4. The second kappa shape index (κ2) is 10.8. The summed E-state index contributed by atoms with van der Waals surface area (Å²) in [5.74, 6) is 0.245. The number of rotatable bonds is 4. The van der Waals surface area contributed by atoms with E-state index in [4.69, 9.17) is 4.42 Å². The lowest BCUT2D eigenvalue weighted by molar-refractivity contribution is 0.669. The van der Waals surface area contributed by atoms with Crippen molar-refractivity contribution in [2.45, 2.75) is 12.3 Å². The zero-order chi connectivity index (χ0) is 34.6. The van der Waals surface area contributed by atoms with Crippen molar-refractivity contribution in [3.63, 3.8) is 0 Å². The van der Waals surface area contributed by atoms with E-state index >= 15 is 0 Å². The Morgan fingerprint density at radius 3 is 1.75 bits per heavy atom. The number of furan rings is 1. The van der Waals surface area contributed by atoms with Gasteiger partial charge in [-0.3, -0.25) is 0 Å². The van der Waals surface area contributed by atoms with Gasteiger partial charge in [0.15, 0.2) is 0 Å². The molecule has 1 atom stereocenters. The lowest BCUT2D eigenvalue weighted by atomic mass is 9.89. The predicted molar refractivity (Wildman–Crippen MR) is 220 cm³/mol. The minimum atomic E-state index is 0.245. The van der Waals surface area contributed by atoms with Crippen LogP contribution in [0, 0.1) is 0 Å². The lowest BCUT2D eigenvalue weighted by Crippen LogP contribution is -2.03. The van der Waals surface area contributed by atoms with E-state index < -0.39 is 0 Å². The van der Waals surface area contributed by atoms with Gasteiger partial charge in [0.1, 0.15) is 11.2 Å². The Bertz CT molecular complexity index is 3230. The maximum absolute atomic E-state index is 6.22. The molecule has 0 saturated carbocycles. The second-order valence-electron chi connectivity index (χ2n) is 14.5. The summed E-state index contributed by atoms with van der Waals surface area (Å²) in [6, 6.07) is 64.5. The summed E-state index contributed by atoms with van der Waals surface area (Å²) < 4.78 is 11.1. The van der Waals surface area contributed by atoms with Gasteiger partial charge in [0.25, 0.3) is 0 Å². The SMILES string of the molecule is c1cc(CC2c3ccccc3-c3cc4c(cc32)c2ccccc2n4-c2ccc3oc4ccccc4c3c2)cc(-n2c3ccccc3c3ccccc32)c1. The zero-order valence-electron chi connectivity index (χ0n) is 28.8. The lowest BCUT2D eigenvalue weighted by Gasteiger charge is -2.16. The molecule has 0 spiro atoms. The van der Waals surface area contributed by atoms with Crippen LogP contribution < -0.4 is 0 Å². The molecule has 1 aliphatic rings. The summed E-state index contributed by atoms with van der Waals surface area (Å²) in [6.45, 7) is 0. The third-order valence-electron chi connectivity index (χ3n) is 11.7. The van der Waals surface area contributed by atoms with Gasteiger partial charge in [-0.1, -0.05) is 109 Å². The summed E-state index contributed by atoms with van der Waals surface area (Å²) in [5.41, 5.74) is 15.9. The molecule has 11 aromatic rings. The van der Waals surface area contributed by atoms with E-state index in [2.05, 4.69) is 173 Å². The molecule has 12 rings (SSSR count). The summed E-state index contributed by atoms with van der Waals surface area (Å²) >= 11 is 0. The topological polar surface area (TPSA) is 23.0 Å². The van der Waals surface area contributed by atoms with Crippen LogP contribution >= 0.6 is 0 Å². The third kappa shape index (κ3) is 4.10. The van der Waals surface area contributed by atoms with E-state index in [-0.39, 0.29) is 5.92 Å². The van der Waals surface area contributed by atoms with Crippen molar-refractivity contribution in [3.8, 4) is 22.5 Å². The molecule has 0 saturated heterocycles. The van der Waals surface area contributed by atoms with E-state index in [1.807, 2.05) is 12.1 Å². The Labute approximate surface area is 305 Å². The van der Waals surface area contributed by atoms with Crippen LogP contribution in [-0.4, -0.2) is 9.13 Å². The van der Waals surface area contributed by atoms with Gasteiger partial charge in [-0.15, -0.1) is 0 Å². The van der Waals surface area contributed by atoms with E-state index in [1.165, 1.54) is 77.1 Å². The van der Waals surface area contributed by atoms with Gasteiger partial charge in [0, 0.05) is 49.6 Å². The number of hydrogen-bond donors (Lipinski definition) is 0.